The monoisotopic (exact) mass is 272 g/mol. The van der Waals surface area contributed by atoms with Crippen LogP contribution < -0.4 is 5.32 Å². The van der Waals surface area contributed by atoms with Crippen LogP contribution in [0.4, 0.5) is 10.1 Å². The van der Waals surface area contributed by atoms with E-state index in [9.17, 15) is 4.39 Å². The summed E-state index contributed by atoms with van der Waals surface area (Å²) in [7, 11) is 0. The zero-order valence-corrected chi connectivity index (χ0v) is 11.0. The molecule has 0 aromatic heterocycles. The van der Waals surface area contributed by atoms with Gasteiger partial charge in [0.05, 0.1) is 18.9 Å². The van der Waals surface area contributed by atoms with E-state index in [0.29, 0.717) is 10.7 Å². The van der Waals surface area contributed by atoms with Crippen LogP contribution in [0.5, 0.6) is 0 Å². The van der Waals surface area contributed by atoms with E-state index >= 15 is 0 Å². The van der Waals surface area contributed by atoms with Crippen LogP contribution in [0.3, 0.4) is 0 Å². The number of anilines is 1. The Bertz CT molecular complexity index is 383. The molecule has 5 heteroatoms. The highest BCUT2D eigenvalue weighted by molar-refractivity contribution is 6.30. The van der Waals surface area contributed by atoms with Gasteiger partial charge < -0.3 is 10.1 Å². The van der Waals surface area contributed by atoms with Crippen molar-refractivity contribution in [1.29, 1.82) is 0 Å². The van der Waals surface area contributed by atoms with Crippen LogP contribution in [0, 0.1) is 5.82 Å². The van der Waals surface area contributed by atoms with Crippen LogP contribution in [0.25, 0.3) is 0 Å². The highest BCUT2D eigenvalue weighted by atomic mass is 35.5. The fourth-order valence-electron chi connectivity index (χ4n) is 1.98. The SMILES string of the molecule is Fc1cc(Cl)ccc1NCCCN1CCOCC1. The summed E-state index contributed by atoms with van der Waals surface area (Å²) in [4.78, 5) is 2.36. The van der Waals surface area contributed by atoms with E-state index in [-0.39, 0.29) is 5.82 Å². The van der Waals surface area contributed by atoms with Crippen LogP contribution in [-0.2, 0) is 4.74 Å². The molecule has 0 aliphatic carbocycles. The summed E-state index contributed by atoms with van der Waals surface area (Å²) in [6.07, 6.45) is 0.988. The zero-order chi connectivity index (χ0) is 12.8. The van der Waals surface area contributed by atoms with Crippen molar-refractivity contribution >= 4 is 17.3 Å². The second-order valence-electron chi connectivity index (χ2n) is 4.36. The molecule has 1 heterocycles. The molecule has 0 radical (unpaired) electrons. The first kappa shape index (κ1) is 13.6. The first-order valence-corrected chi connectivity index (χ1v) is 6.62. The van der Waals surface area contributed by atoms with Crippen LogP contribution in [0.2, 0.25) is 5.02 Å². The van der Waals surface area contributed by atoms with Crippen LogP contribution in [0.1, 0.15) is 6.42 Å². The van der Waals surface area contributed by atoms with Crippen molar-refractivity contribution < 1.29 is 9.13 Å². The van der Waals surface area contributed by atoms with Crippen molar-refractivity contribution in [3.05, 3.63) is 29.0 Å². The summed E-state index contributed by atoms with van der Waals surface area (Å²) < 4.78 is 18.7. The number of hydrogen-bond donors (Lipinski definition) is 1. The van der Waals surface area contributed by atoms with Crippen LogP contribution in [0.15, 0.2) is 18.2 Å². The average molecular weight is 273 g/mol. The van der Waals surface area contributed by atoms with E-state index in [1.165, 1.54) is 6.07 Å². The van der Waals surface area contributed by atoms with Gasteiger partial charge in [-0.1, -0.05) is 11.6 Å². The average Bonchev–Trinajstić information content (AvgIpc) is 2.38. The first-order valence-electron chi connectivity index (χ1n) is 6.25. The number of halogens is 2. The van der Waals surface area contributed by atoms with E-state index in [0.717, 1.165) is 45.8 Å². The van der Waals surface area contributed by atoms with Crippen molar-refractivity contribution in [3.8, 4) is 0 Å². The van der Waals surface area contributed by atoms with Gasteiger partial charge in [-0.05, 0) is 31.2 Å². The lowest BCUT2D eigenvalue weighted by atomic mass is 10.3. The molecule has 0 atom stereocenters. The van der Waals surface area contributed by atoms with E-state index < -0.39 is 0 Å². The molecule has 1 fully saturated rings. The highest BCUT2D eigenvalue weighted by Crippen LogP contribution is 2.18. The van der Waals surface area contributed by atoms with Crippen molar-refractivity contribution in [2.75, 3.05) is 44.7 Å². The van der Waals surface area contributed by atoms with Gasteiger partial charge in [0.1, 0.15) is 5.82 Å². The number of benzene rings is 1. The maximum atomic E-state index is 13.5. The minimum atomic E-state index is -0.297. The second-order valence-corrected chi connectivity index (χ2v) is 4.79. The normalized spacial score (nSPS) is 16.8. The Hall–Kier alpha value is -0.840. The maximum absolute atomic E-state index is 13.5. The summed E-state index contributed by atoms with van der Waals surface area (Å²) in [6, 6.07) is 4.69. The van der Waals surface area contributed by atoms with Gasteiger partial charge in [0.25, 0.3) is 0 Å². The number of nitrogens with one attached hydrogen (secondary N) is 1. The molecule has 1 aromatic rings. The molecule has 2 rings (SSSR count). The molecule has 0 spiro atoms. The van der Waals surface area contributed by atoms with Gasteiger partial charge >= 0.3 is 0 Å². The van der Waals surface area contributed by atoms with E-state index in [2.05, 4.69) is 10.2 Å². The molecule has 1 aromatic carbocycles. The fourth-order valence-corrected chi connectivity index (χ4v) is 2.14. The summed E-state index contributed by atoms with van der Waals surface area (Å²) in [5.41, 5.74) is 0.515. The lowest BCUT2D eigenvalue weighted by molar-refractivity contribution is 0.0378. The predicted octanol–water partition coefficient (Wildman–Crippen LogP) is 2.61. The van der Waals surface area contributed by atoms with Crippen molar-refractivity contribution in [2.24, 2.45) is 0 Å². The number of ether oxygens (including phenoxy) is 1. The zero-order valence-electron chi connectivity index (χ0n) is 10.3. The largest absolute Gasteiger partial charge is 0.383 e. The standard InChI is InChI=1S/C13H18ClFN2O/c14-11-2-3-13(12(15)10-11)16-4-1-5-17-6-8-18-9-7-17/h2-3,10,16H,1,4-9H2. The summed E-state index contributed by atoms with van der Waals surface area (Å²) >= 11 is 5.69. The number of rotatable bonds is 5. The number of hydrogen-bond acceptors (Lipinski definition) is 3. The van der Waals surface area contributed by atoms with Crippen molar-refractivity contribution in [3.63, 3.8) is 0 Å². The minimum Gasteiger partial charge on any atom is -0.383 e. The second kappa shape index (κ2) is 6.92. The Morgan fingerprint density at radius 1 is 1.33 bits per heavy atom. The Kier molecular flexibility index (Phi) is 5.23. The van der Waals surface area contributed by atoms with E-state index in [1.54, 1.807) is 12.1 Å². The Balaban J connectivity index is 1.68. The molecule has 0 amide bonds. The number of morpholine rings is 1. The summed E-state index contributed by atoms with van der Waals surface area (Å²) in [6.45, 7) is 5.41. The van der Waals surface area contributed by atoms with Gasteiger partial charge in [-0.25, -0.2) is 4.39 Å². The smallest absolute Gasteiger partial charge is 0.147 e. The third-order valence-corrected chi connectivity index (χ3v) is 3.24. The quantitative estimate of drug-likeness (QED) is 0.834. The molecule has 0 bridgehead atoms. The Morgan fingerprint density at radius 3 is 2.83 bits per heavy atom. The fraction of sp³-hybridized carbons (Fsp3) is 0.538. The Labute approximate surface area is 112 Å². The van der Waals surface area contributed by atoms with Gasteiger partial charge in [-0.2, -0.15) is 0 Å². The van der Waals surface area contributed by atoms with Crippen LogP contribution in [-0.4, -0.2) is 44.3 Å². The van der Waals surface area contributed by atoms with Gasteiger partial charge in [-0.15, -0.1) is 0 Å². The predicted molar refractivity (Wildman–Crippen MR) is 71.8 cm³/mol. The third kappa shape index (κ3) is 4.12. The van der Waals surface area contributed by atoms with Gasteiger partial charge in [0, 0.05) is 24.7 Å². The minimum absolute atomic E-state index is 0.297. The molecular formula is C13H18ClFN2O. The highest BCUT2D eigenvalue weighted by Gasteiger charge is 2.09. The van der Waals surface area contributed by atoms with E-state index in [1.807, 2.05) is 0 Å². The molecule has 1 aliphatic heterocycles. The Morgan fingerprint density at radius 2 is 2.11 bits per heavy atom. The van der Waals surface area contributed by atoms with Crippen LogP contribution >= 0.6 is 11.6 Å². The first-order chi connectivity index (χ1) is 8.75. The molecule has 1 aliphatic rings. The lowest BCUT2D eigenvalue weighted by Gasteiger charge is -2.26. The van der Waals surface area contributed by atoms with Gasteiger partial charge in [-0.3, -0.25) is 4.90 Å². The van der Waals surface area contributed by atoms with Gasteiger partial charge in [0.2, 0.25) is 0 Å². The molecular weight excluding hydrogens is 255 g/mol. The summed E-state index contributed by atoms with van der Waals surface area (Å²) in [5.74, 6) is -0.297. The van der Waals surface area contributed by atoms with Crippen molar-refractivity contribution in [2.45, 2.75) is 6.42 Å². The molecule has 1 N–H and O–H groups in total. The van der Waals surface area contributed by atoms with Gasteiger partial charge in [0.15, 0.2) is 0 Å². The maximum Gasteiger partial charge on any atom is 0.147 e. The lowest BCUT2D eigenvalue weighted by Crippen LogP contribution is -2.37. The third-order valence-electron chi connectivity index (χ3n) is 3.00. The van der Waals surface area contributed by atoms with E-state index in [4.69, 9.17) is 16.3 Å². The topological polar surface area (TPSA) is 24.5 Å². The van der Waals surface area contributed by atoms with Crippen molar-refractivity contribution in [1.82, 2.24) is 4.90 Å². The molecule has 1 saturated heterocycles. The molecule has 3 nitrogen and oxygen atoms in total. The molecule has 18 heavy (non-hydrogen) atoms. The molecule has 0 saturated carbocycles. The molecule has 100 valence electrons. The summed E-state index contributed by atoms with van der Waals surface area (Å²) in [5, 5.41) is 3.51. The number of nitrogens with zero attached hydrogens (tertiary/aromatic N) is 1. The molecule has 0 unspecified atom stereocenters.